The lowest BCUT2D eigenvalue weighted by molar-refractivity contribution is 0.147. The number of rotatable bonds is 2. The monoisotopic (exact) mass is 155 g/mol. The normalized spacial score (nSPS) is 18.4. The summed E-state index contributed by atoms with van der Waals surface area (Å²) in [5, 5.41) is 6.22. The molecular formula is C7H9NOS. The molecular weight excluding hydrogens is 146 g/mol. The van der Waals surface area contributed by atoms with Crippen molar-refractivity contribution in [3.8, 4) is 5.06 Å². The van der Waals surface area contributed by atoms with Crippen LogP contribution in [0.3, 0.4) is 0 Å². The maximum atomic E-state index is 5.55. The van der Waals surface area contributed by atoms with Gasteiger partial charge in [0.2, 0.25) is 0 Å². The van der Waals surface area contributed by atoms with E-state index in [0.717, 1.165) is 18.2 Å². The van der Waals surface area contributed by atoms with Crippen molar-refractivity contribution in [2.45, 2.75) is 6.10 Å². The van der Waals surface area contributed by atoms with Crippen molar-refractivity contribution in [2.24, 2.45) is 0 Å². The largest absolute Gasteiger partial charge is 0.478 e. The van der Waals surface area contributed by atoms with E-state index in [-0.39, 0.29) is 0 Å². The molecule has 1 aliphatic rings. The Labute approximate surface area is 63.8 Å². The molecule has 2 nitrogen and oxygen atoms in total. The minimum Gasteiger partial charge on any atom is -0.478 e. The molecule has 1 aromatic rings. The lowest BCUT2D eigenvalue weighted by Gasteiger charge is -2.26. The predicted molar refractivity (Wildman–Crippen MR) is 41.6 cm³/mol. The number of hydrogen-bond acceptors (Lipinski definition) is 3. The van der Waals surface area contributed by atoms with Gasteiger partial charge in [0.15, 0.2) is 5.06 Å². The highest BCUT2D eigenvalue weighted by atomic mass is 32.1. The number of thiophene rings is 1. The fourth-order valence-electron chi connectivity index (χ4n) is 0.840. The zero-order chi connectivity index (χ0) is 6.81. The van der Waals surface area contributed by atoms with Gasteiger partial charge in [-0.1, -0.05) is 0 Å². The molecule has 0 saturated carbocycles. The van der Waals surface area contributed by atoms with Crippen LogP contribution in [0.25, 0.3) is 0 Å². The fourth-order valence-corrected chi connectivity index (χ4v) is 1.48. The average molecular weight is 155 g/mol. The summed E-state index contributed by atoms with van der Waals surface area (Å²) in [6.45, 7) is 2.00. The second-order valence-electron chi connectivity index (χ2n) is 2.33. The van der Waals surface area contributed by atoms with Crippen LogP contribution in [0, 0.1) is 0 Å². The molecule has 1 aromatic heterocycles. The van der Waals surface area contributed by atoms with Crippen LogP contribution in [0.5, 0.6) is 5.06 Å². The molecule has 0 bridgehead atoms. The van der Waals surface area contributed by atoms with Crippen molar-refractivity contribution in [1.82, 2.24) is 5.32 Å². The topological polar surface area (TPSA) is 21.3 Å². The Morgan fingerprint density at radius 2 is 2.50 bits per heavy atom. The molecule has 2 rings (SSSR count). The van der Waals surface area contributed by atoms with Crippen LogP contribution in [0.2, 0.25) is 0 Å². The zero-order valence-corrected chi connectivity index (χ0v) is 6.36. The van der Waals surface area contributed by atoms with Crippen LogP contribution >= 0.6 is 11.3 Å². The van der Waals surface area contributed by atoms with Gasteiger partial charge in [0.1, 0.15) is 6.10 Å². The molecule has 0 spiro atoms. The third-order valence-electron chi connectivity index (χ3n) is 1.52. The minimum absolute atomic E-state index is 0.415. The summed E-state index contributed by atoms with van der Waals surface area (Å²) in [7, 11) is 0. The third-order valence-corrected chi connectivity index (χ3v) is 2.28. The third kappa shape index (κ3) is 1.15. The molecule has 0 amide bonds. The summed E-state index contributed by atoms with van der Waals surface area (Å²) >= 11 is 1.65. The Balaban J connectivity index is 1.90. The number of ether oxygens (including phenoxy) is 1. The highest BCUT2D eigenvalue weighted by molar-refractivity contribution is 7.11. The van der Waals surface area contributed by atoms with E-state index < -0.39 is 0 Å². The summed E-state index contributed by atoms with van der Waals surface area (Å²) in [6.07, 6.45) is 0.415. The number of nitrogens with one attached hydrogen (secondary N) is 1. The highest BCUT2D eigenvalue weighted by Gasteiger charge is 2.18. The van der Waals surface area contributed by atoms with Gasteiger partial charge < -0.3 is 10.1 Å². The van der Waals surface area contributed by atoms with E-state index >= 15 is 0 Å². The average Bonchev–Trinajstić information content (AvgIpc) is 2.29. The lowest BCUT2D eigenvalue weighted by atomic mass is 10.2. The second-order valence-corrected chi connectivity index (χ2v) is 3.24. The molecule has 1 aliphatic heterocycles. The molecule has 2 heterocycles. The molecule has 54 valence electrons. The van der Waals surface area contributed by atoms with Gasteiger partial charge in [-0.25, -0.2) is 0 Å². The smallest absolute Gasteiger partial charge is 0.174 e. The Morgan fingerprint density at radius 1 is 1.60 bits per heavy atom. The summed E-state index contributed by atoms with van der Waals surface area (Å²) in [6, 6.07) is 4.01. The van der Waals surface area contributed by atoms with Gasteiger partial charge in [0.05, 0.1) is 0 Å². The van der Waals surface area contributed by atoms with Crippen LogP contribution in [0.1, 0.15) is 0 Å². The molecule has 1 fully saturated rings. The molecule has 0 atom stereocenters. The van der Waals surface area contributed by atoms with Gasteiger partial charge in [0, 0.05) is 13.1 Å². The second kappa shape index (κ2) is 2.60. The molecule has 1 saturated heterocycles. The highest BCUT2D eigenvalue weighted by Crippen LogP contribution is 2.20. The van der Waals surface area contributed by atoms with Crippen LogP contribution in [0.15, 0.2) is 17.5 Å². The van der Waals surface area contributed by atoms with E-state index in [4.69, 9.17) is 4.74 Å². The number of hydrogen-bond donors (Lipinski definition) is 1. The first-order valence-electron chi connectivity index (χ1n) is 3.36. The van der Waals surface area contributed by atoms with E-state index in [1.807, 2.05) is 17.5 Å². The van der Waals surface area contributed by atoms with E-state index in [2.05, 4.69) is 5.32 Å². The zero-order valence-electron chi connectivity index (χ0n) is 5.54. The van der Waals surface area contributed by atoms with Gasteiger partial charge in [-0.05, 0) is 17.5 Å². The quantitative estimate of drug-likeness (QED) is 0.690. The predicted octanol–water partition coefficient (Wildman–Crippen LogP) is 1.10. The molecule has 3 heteroatoms. The van der Waals surface area contributed by atoms with E-state index in [1.165, 1.54) is 0 Å². The first kappa shape index (κ1) is 6.19. The minimum atomic E-state index is 0.415. The first-order chi connectivity index (χ1) is 4.95. The Kier molecular flexibility index (Phi) is 1.61. The molecule has 0 radical (unpaired) electrons. The fraction of sp³-hybridized carbons (Fsp3) is 0.429. The van der Waals surface area contributed by atoms with Crippen LogP contribution < -0.4 is 10.1 Å². The Hall–Kier alpha value is -0.540. The van der Waals surface area contributed by atoms with Crippen molar-refractivity contribution in [1.29, 1.82) is 0 Å². The van der Waals surface area contributed by atoms with Gasteiger partial charge >= 0.3 is 0 Å². The van der Waals surface area contributed by atoms with E-state index in [1.54, 1.807) is 11.3 Å². The van der Waals surface area contributed by atoms with Gasteiger partial charge in [0.25, 0.3) is 0 Å². The van der Waals surface area contributed by atoms with E-state index in [0.29, 0.717) is 6.10 Å². The van der Waals surface area contributed by atoms with Crippen LogP contribution in [0.4, 0.5) is 0 Å². The SMILES string of the molecule is c1csc(OC2CNC2)c1. The maximum absolute atomic E-state index is 5.55. The van der Waals surface area contributed by atoms with Crippen molar-refractivity contribution in [3.05, 3.63) is 17.5 Å². The molecule has 0 aromatic carbocycles. The molecule has 0 aliphatic carbocycles. The summed E-state index contributed by atoms with van der Waals surface area (Å²) < 4.78 is 5.55. The Bertz CT molecular complexity index is 193. The standard InChI is InChI=1S/C7H9NOS/c1-2-7(10-3-1)9-6-4-8-5-6/h1-3,6,8H,4-5H2. The summed E-state index contributed by atoms with van der Waals surface area (Å²) in [4.78, 5) is 0. The van der Waals surface area contributed by atoms with E-state index in [9.17, 15) is 0 Å². The Morgan fingerprint density at radius 3 is 3.00 bits per heavy atom. The molecule has 0 unspecified atom stereocenters. The van der Waals surface area contributed by atoms with Crippen molar-refractivity contribution < 1.29 is 4.74 Å². The van der Waals surface area contributed by atoms with Crippen molar-refractivity contribution in [2.75, 3.05) is 13.1 Å². The summed E-state index contributed by atoms with van der Waals surface area (Å²) in [5.41, 5.74) is 0. The first-order valence-corrected chi connectivity index (χ1v) is 4.24. The molecule has 10 heavy (non-hydrogen) atoms. The molecule has 1 N–H and O–H groups in total. The van der Waals surface area contributed by atoms with Gasteiger partial charge in [-0.2, -0.15) is 0 Å². The maximum Gasteiger partial charge on any atom is 0.174 e. The van der Waals surface area contributed by atoms with Gasteiger partial charge in [-0.3, -0.25) is 0 Å². The lowest BCUT2D eigenvalue weighted by Crippen LogP contribution is -2.50. The van der Waals surface area contributed by atoms with Crippen LogP contribution in [-0.2, 0) is 0 Å². The van der Waals surface area contributed by atoms with Crippen molar-refractivity contribution >= 4 is 11.3 Å². The van der Waals surface area contributed by atoms with Crippen LogP contribution in [-0.4, -0.2) is 19.2 Å². The summed E-state index contributed by atoms with van der Waals surface area (Å²) in [5.74, 6) is 0. The van der Waals surface area contributed by atoms with Gasteiger partial charge in [-0.15, -0.1) is 11.3 Å². The van der Waals surface area contributed by atoms with Crippen molar-refractivity contribution in [3.63, 3.8) is 0 Å².